The average Bonchev–Trinajstić information content (AvgIpc) is 2.35. The van der Waals surface area contributed by atoms with E-state index in [2.05, 4.69) is 49.0 Å². The average molecular weight is 275 g/mol. The molecule has 0 atom stereocenters. The Balaban J connectivity index is 2.07. The van der Waals surface area contributed by atoms with E-state index in [1.54, 1.807) is 0 Å². The summed E-state index contributed by atoms with van der Waals surface area (Å²) in [5, 5.41) is 3.58. The molecule has 0 bridgehead atoms. The van der Waals surface area contributed by atoms with Crippen LogP contribution in [0.15, 0.2) is 18.5 Å². The summed E-state index contributed by atoms with van der Waals surface area (Å²) in [6.45, 7) is 12.0. The minimum absolute atomic E-state index is 0.144. The van der Waals surface area contributed by atoms with Crippen molar-refractivity contribution in [3.8, 4) is 0 Å². The third-order valence-electron chi connectivity index (χ3n) is 4.12. The molecule has 0 amide bonds. The van der Waals surface area contributed by atoms with Crippen molar-refractivity contribution in [1.29, 1.82) is 0 Å². The van der Waals surface area contributed by atoms with Crippen LogP contribution in [-0.2, 0) is 6.54 Å². The van der Waals surface area contributed by atoms with Crippen molar-refractivity contribution in [2.75, 3.05) is 18.0 Å². The number of nitrogens with one attached hydrogen (secondary N) is 1. The highest BCUT2D eigenvalue weighted by Gasteiger charge is 2.21. The van der Waals surface area contributed by atoms with Crippen LogP contribution in [-0.4, -0.2) is 23.6 Å². The summed E-state index contributed by atoms with van der Waals surface area (Å²) in [6.07, 6.45) is 8.13. The van der Waals surface area contributed by atoms with Gasteiger partial charge < -0.3 is 10.2 Å². The third kappa shape index (κ3) is 4.20. The zero-order chi connectivity index (χ0) is 14.6. The van der Waals surface area contributed by atoms with E-state index in [-0.39, 0.29) is 5.54 Å². The van der Waals surface area contributed by atoms with Crippen molar-refractivity contribution < 1.29 is 0 Å². The van der Waals surface area contributed by atoms with Gasteiger partial charge in [-0.25, -0.2) is 0 Å². The van der Waals surface area contributed by atoms with Crippen LogP contribution in [0.2, 0.25) is 0 Å². The lowest BCUT2D eigenvalue weighted by atomic mass is 9.85. The second-order valence-corrected chi connectivity index (χ2v) is 6.94. The number of aromatic nitrogens is 1. The molecule has 0 aliphatic heterocycles. The number of anilines is 1. The highest BCUT2D eigenvalue weighted by molar-refractivity contribution is 5.51. The summed E-state index contributed by atoms with van der Waals surface area (Å²) in [6, 6.07) is 2.15. The number of hydrogen-bond acceptors (Lipinski definition) is 3. The van der Waals surface area contributed by atoms with E-state index in [1.165, 1.54) is 37.1 Å². The van der Waals surface area contributed by atoms with Gasteiger partial charge in [0.05, 0.1) is 11.9 Å². The molecule has 112 valence electrons. The van der Waals surface area contributed by atoms with Gasteiger partial charge in [0.15, 0.2) is 0 Å². The quantitative estimate of drug-likeness (QED) is 0.860. The zero-order valence-corrected chi connectivity index (χ0v) is 13.4. The molecular formula is C17H29N3. The molecule has 1 aliphatic carbocycles. The lowest BCUT2D eigenvalue weighted by Crippen LogP contribution is -2.37. The van der Waals surface area contributed by atoms with Crippen LogP contribution in [0.4, 0.5) is 5.69 Å². The zero-order valence-electron chi connectivity index (χ0n) is 13.4. The number of hydrogen-bond donors (Lipinski definition) is 1. The van der Waals surface area contributed by atoms with E-state index < -0.39 is 0 Å². The van der Waals surface area contributed by atoms with Crippen LogP contribution in [0.25, 0.3) is 0 Å². The van der Waals surface area contributed by atoms with Gasteiger partial charge in [0.25, 0.3) is 0 Å². The minimum atomic E-state index is 0.144. The first-order chi connectivity index (χ1) is 9.49. The molecule has 1 aromatic heterocycles. The van der Waals surface area contributed by atoms with Gasteiger partial charge in [0.1, 0.15) is 0 Å². The van der Waals surface area contributed by atoms with E-state index >= 15 is 0 Å². The first-order valence-corrected chi connectivity index (χ1v) is 7.92. The second-order valence-electron chi connectivity index (χ2n) is 6.94. The highest BCUT2D eigenvalue weighted by atomic mass is 15.1. The fourth-order valence-corrected chi connectivity index (χ4v) is 2.59. The molecule has 0 radical (unpaired) electrons. The van der Waals surface area contributed by atoms with Crippen LogP contribution in [0.1, 0.15) is 52.5 Å². The van der Waals surface area contributed by atoms with Crippen molar-refractivity contribution in [3.05, 3.63) is 24.0 Å². The van der Waals surface area contributed by atoms with Gasteiger partial charge in [-0.05, 0) is 58.1 Å². The molecule has 20 heavy (non-hydrogen) atoms. The van der Waals surface area contributed by atoms with Crippen LogP contribution < -0.4 is 10.2 Å². The molecule has 2 rings (SSSR count). The van der Waals surface area contributed by atoms with E-state index in [4.69, 9.17) is 0 Å². The molecule has 0 unspecified atom stereocenters. The predicted molar refractivity (Wildman–Crippen MR) is 86.1 cm³/mol. The summed E-state index contributed by atoms with van der Waals surface area (Å²) in [5.74, 6) is 0.888. The highest BCUT2D eigenvalue weighted by Crippen LogP contribution is 2.29. The van der Waals surface area contributed by atoms with Crippen molar-refractivity contribution in [1.82, 2.24) is 10.3 Å². The van der Waals surface area contributed by atoms with Crippen LogP contribution in [0, 0.1) is 5.92 Å². The van der Waals surface area contributed by atoms with Crippen LogP contribution >= 0.6 is 0 Å². The Hall–Kier alpha value is -1.09. The molecule has 3 heteroatoms. The summed E-state index contributed by atoms with van der Waals surface area (Å²) < 4.78 is 0. The lowest BCUT2D eigenvalue weighted by Gasteiger charge is -2.34. The SMILES string of the molecule is CCN(CC1CCC1)c1cnccc1CNC(C)(C)C. The molecule has 0 saturated heterocycles. The molecule has 1 saturated carbocycles. The smallest absolute Gasteiger partial charge is 0.0598 e. The molecule has 0 aromatic carbocycles. The fraction of sp³-hybridized carbons (Fsp3) is 0.706. The normalized spacial score (nSPS) is 16.0. The van der Waals surface area contributed by atoms with E-state index in [9.17, 15) is 0 Å². The van der Waals surface area contributed by atoms with Gasteiger partial charge in [0, 0.05) is 31.4 Å². The predicted octanol–water partition coefficient (Wildman–Crippen LogP) is 3.60. The summed E-state index contributed by atoms with van der Waals surface area (Å²) in [7, 11) is 0. The van der Waals surface area contributed by atoms with Gasteiger partial charge in [-0.1, -0.05) is 6.42 Å². The Labute approximate surface area is 123 Å². The Bertz CT molecular complexity index is 418. The standard InChI is InChI=1S/C17H29N3/c1-5-20(13-14-7-6-8-14)16-12-18-10-9-15(16)11-19-17(2,3)4/h9-10,12,14,19H,5-8,11,13H2,1-4H3. The molecule has 3 nitrogen and oxygen atoms in total. The Morgan fingerprint density at radius 3 is 2.65 bits per heavy atom. The van der Waals surface area contributed by atoms with Gasteiger partial charge in [-0.3, -0.25) is 4.98 Å². The second kappa shape index (κ2) is 6.57. The first kappa shape index (κ1) is 15.3. The maximum absolute atomic E-state index is 4.34. The number of pyridine rings is 1. The maximum Gasteiger partial charge on any atom is 0.0598 e. The van der Waals surface area contributed by atoms with Crippen LogP contribution in [0.5, 0.6) is 0 Å². The van der Waals surface area contributed by atoms with E-state index in [0.717, 1.165) is 19.0 Å². The van der Waals surface area contributed by atoms with Gasteiger partial charge in [-0.15, -0.1) is 0 Å². The molecular weight excluding hydrogens is 246 g/mol. The van der Waals surface area contributed by atoms with E-state index in [1.807, 2.05) is 12.4 Å². The monoisotopic (exact) mass is 275 g/mol. The third-order valence-corrected chi connectivity index (χ3v) is 4.12. The Morgan fingerprint density at radius 1 is 1.35 bits per heavy atom. The molecule has 0 spiro atoms. The van der Waals surface area contributed by atoms with Crippen molar-refractivity contribution >= 4 is 5.69 Å². The maximum atomic E-state index is 4.34. The fourth-order valence-electron chi connectivity index (χ4n) is 2.59. The van der Waals surface area contributed by atoms with Crippen molar-refractivity contribution in [2.45, 2.75) is 59.0 Å². The van der Waals surface area contributed by atoms with E-state index in [0.29, 0.717) is 0 Å². The summed E-state index contributed by atoms with van der Waals surface area (Å²) in [4.78, 5) is 6.84. The molecule has 1 fully saturated rings. The number of nitrogens with zero attached hydrogens (tertiary/aromatic N) is 2. The van der Waals surface area contributed by atoms with Gasteiger partial charge in [0.2, 0.25) is 0 Å². The van der Waals surface area contributed by atoms with Crippen molar-refractivity contribution in [3.63, 3.8) is 0 Å². The molecule has 1 aliphatic rings. The molecule has 1 heterocycles. The van der Waals surface area contributed by atoms with Gasteiger partial charge >= 0.3 is 0 Å². The summed E-state index contributed by atoms with van der Waals surface area (Å²) >= 11 is 0. The molecule has 1 N–H and O–H groups in total. The Kier molecular flexibility index (Phi) is 5.03. The minimum Gasteiger partial charge on any atom is -0.370 e. The van der Waals surface area contributed by atoms with Crippen LogP contribution in [0.3, 0.4) is 0 Å². The Morgan fingerprint density at radius 2 is 2.10 bits per heavy atom. The van der Waals surface area contributed by atoms with Gasteiger partial charge in [-0.2, -0.15) is 0 Å². The molecule has 1 aromatic rings. The topological polar surface area (TPSA) is 28.2 Å². The lowest BCUT2D eigenvalue weighted by molar-refractivity contribution is 0.318. The summed E-state index contributed by atoms with van der Waals surface area (Å²) in [5.41, 5.74) is 2.81. The van der Waals surface area contributed by atoms with Crippen molar-refractivity contribution in [2.24, 2.45) is 5.92 Å². The largest absolute Gasteiger partial charge is 0.370 e. The number of rotatable bonds is 6. The first-order valence-electron chi connectivity index (χ1n) is 7.92.